The van der Waals surface area contributed by atoms with Crippen molar-refractivity contribution in [1.29, 1.82) is 0 Å². The maximum absolute atomic E-state index is 11.1. The molecule has 29 heavy (non-hydrogen) atoms. The number of rotatable bonds is 4. The normalized spacial score (nSPS) is 15.0. The summed E-state index contributed by atoms with van der Waals surface area (Å²) in [5.74, 6) is 0.491. The Hall–Kier alpha value is -2.25. The first-order valence-corrected chi connectivity index (χ1v) is 10.1. The van der Waals surface area contributed by atoms with Gasteiger partial charge in [-0.2, -0.15) is 9.97 Å². The average molecular weight is 530 g/mol. The predicted octanol–water partition coefficient (Wildman–Crippen LogP) is -1.41. The quantitative estimate of drug-likeness (QED) is 0.248. The summed E-state index contributed by atoms with van der Waals surface area (Å²) in [6.07, 6.45) is 1.65. The summed E-state index contributed by atoms with van der Waals surface area (Å²) in [5.41, 5.74) is 1.88. The molecule has 1 saturated heterocycles. The largest absolute Gasteiger partial charge is 0.699 e. The number of carbonyl (C=O) groups excluding carboxylic acids is 1. The number of esters is 1. The molecule has 10 nitrogen and oxygen atoms in total. The van der Waals surface area contributed by atoms with Crippen LogP contribution < -0.4 is 37.2 Å². The molecule has 0 spiro atoms. The number of imidazole rings is 1. The number of nitrogens with one attached hydrogen (secondary N) is 1. The average Bonchev–Trinajstić information content (AvgIpc) is 3.07. The first-order chi connectivity index (χ1) is 13.9. The number of aromatic nitrogens is 5. The fraction of sp³-hybridized carbons (Fsp3) is 0.353. The van der Waals surface area contributed by atoms with E-state index in [2.05, 4.69) is 55.8 Å². The van der Waals surface area contributed by atoms with Gasteiger partial charge in [0.25, 0.3) is 0 Å². The monoisotopic (exact) mass is 529 g/mol. The molecule has 3 aromatic heterocycles. The van der Waals surface area contributed by atoms with Crippen LogP contribution in [0.3, 0.4) is 0 Å². The standard InChI is InChI=1S/C17H17ClIN7O3/c1-9(27)29-17-21-12-7-11(18)13(22-14(12)23-17)10-8-20-16(24-15(10)28-2)25-3-5-26(19)6-4-25/h7-8H,3-6H2,1-2H3,(H,21,22,23)/q-1. The number of pyridine rings is 1. The number of hydrogen-bond donors (Lipinski definition) is 1. The fourth-order valence-electron chi connectivity index (χ4n) is 2.98. The Kier molecular flexibility index (Phi) is 5.69. The third kappa shape index (κ3) is 4.21. The van der Waals surface area contributed by atoms with E-state index in [1.165, 1.54) is 14.0 Å². The molecule has 0 saturated carbocycles. The van der Waals surface area contributed by atoms with Gasteiger partial charge in [0, 0.05) is 26.2 Å². The van der Waals surface area contributed by atoms with Crippen molar-refractivity contribution in [3.63, 3.8) is 0 Å². The van der Waals surface area contributed by atoms with E-state index in [-0.39, 0.29) is 6.01 Å². The van der Waals surface area contributed by atoms with Gasteiger partial charge in [0.15, 0.2) is 5.65 Å². The zero-order chi connectivity index (χ0) is 20.5. The number of methoxy groups -OCH3 is 1. The van der Waals surface area contributed by atoms with Crippen molar-refractivity contribution in [3.05, 3.63) is 17.3 Å². The molecule has 0 bridgehead atoms. The number of hydrogen-bond acceptors (Lipinski definition) is 9. The molecule has 12 heteroatoms. The fourth-order valence-corrected chi connectivity index (χ4v) is 3.66. The van der Waals surface area contributed by atoms with Crippen molar-refractivity contribution >= 4 is 34.7 Å². The van der Waals surface area contributed by atoms with Crippen LogP contribution in [0.15, 0.2) is 12.3 Å². The summed E-state index contributed by atoms with van der Waals surface area (Å²) < 4.78 is 12.7. The van der Waals surface area contributed by atoms with Gasteiger partial charge in [0.05, 0.1) is 28.9 Å². The number of ether oxygens (including phenoxy) is 2. The molecule has 0 aliphatic carbocycles. The Bertz CT molecular complexity index is 1070. The number of aromatic amines is 1. The Morgan fingerprint density at radius 1 is 1.24 bits per heavy atom. The summed E-state index contributed by atoms with van der Waals surface area (Å²) in [7, 11) is 1.54. The minimum atomic E-state index is -0.482. The van der Waals surface area contributed by atoms with Crippen molar-refractivity contribution in [3.8, 4) is 23.1 Å². The highest BCUT2D eigenvalue weighted by molar-refractivity contribution is 6.33. The van der Waals surface area contributed by atoms with Crippen LogP contribution in [-0.4, -0.2) is 67.3 Å². The molecule has 153 valence electrons. The number of halogens is 2. The Balaban J connectivity index is 1.70. The highest BCUT2D eigenvalue weighted by Gasteiger charge is 2.20. The van der Waals surface area contributed by atoms with Crippen molar-refractivity contribution in [2.24, 2.45) is 0 Å². The zero-order valence-corrected chi connectivity index (χ0v) is 18.6. The molecule has 1 fully saturated rings. The van der Waals surface area contributed by atoms with Crippen LogP contribution in [0, 0.1) is 0 Å². The molecular weight excluding hydrogens is 513 g/mol. The highest BCUT2D eigenvalue weighted by Crippen LogP contribution is 2.34. The number of piperazine rings is 1. The molecule has 3 aromatic rings. The number of fused-ring (bicyclic) bond motifs is 1. The lowest BCUT2D eigenvalue weighted by Crippen LogP contribution is -3.42. The third-order valence-electron chi connectivity index (χ3n) is 4.34. The van der Waals surface area contributed by atoms with Gasteiger partial charge in [-0.1, -0.05) is 11.6 Å². The van der Waals surface area contributed by atoms with Crippen LogP contribution in [0.1, 0.15) is 6.92 Å². The van der Waals surface area contributed by atoms with E-state index >= 15 is 0 Å². The second-order valence-corrected chi connectivity index (χ2v) is 8.09. The van der Waals surface area contributed by atoms with Gasteiger partial charge >= 0.3 is 12.0 Å². The van der Waals surface area contributed by atoms with E-state index in [0.717, 1.165) is 26.2 Å². The number of anilines is 1. The molecule has 1 N–H and O–H groups in total. The van der Waals surface area contributed by atoms with E-state index in [1.54, 1.807) is 12.3 Å². The van der Waals surface area contributed by atoms with Gasteiger partial charge in [-0.3, -0.25) is 4.79 Å². The third-order valence-corrected chi connectivity index (χ3v) is 5.60. The van der Waals surface area contributed by atoms with Crippen LogP contribution in [0.25, 0.3) is 22.4 Å². The lowest BCUT2D eigenvalue weighted by molar-refractivity contribution is -0.575. The molecule has 4 rings (SSSR count). The highest BCUT2D eigenvalue weighted by atomic mass is 127. The number of H-pyrrole nitrogens is 1. The summed E-state index contributed by atoms with van der Waals surface area (Å²) in [5, 5.41) is 0.365. The Morgan fingerprint density at radius 2 is 2.00 bits per heavy atom. The van der Waals surface area contributed by atoms with Crippen LogP contribution in [0.5, 0.6) is 11.9 Å². The summed E-state index contributed by atoms with van der Waals surface area (Å²) in [6.45, 7) is 4.83. The van der Waals surface area contributed by atoms with Crippen LogP contribution in [0.2, 0.25) is 5.02 Å². The van der Waals surface area contributed by atoms with Gasteiger partial charge in [0.2, 0.25) is 11.8 Å². The first kappa shape index (κ1) is 20.0. The van der Waals surface area contributed by atoms with Crippen LogP contribution >= 0.6 is 11.6 Å². The van der Waals surface area contributed by atoms with E-state index in [1.807, 2.05) is 0 Å². The predicted molar refractivity (Wildman–Crippen MR) is 102 cm³/mol. The molecule has 0 amide bonds. The van der Waals surface area contributed by atoms with Crippen molar-refractivity contribution in [2.75, 3.05) is 38.2 Å². The summed E-state index contributed by atoms with van der Waals surface area (Å²) in [4.78, 5) is 33.8. The van der Waals surface area contributed by atoms with Gasteiger partial charge in [-0.05, 0) is 19.2 Å². The smallest absolute Gasteiger partial charge is 0.310 e. The molecule has 0 aromatic carbocycles. The molecular formula is C17H17ClIN7O3-. The van der Waals surface area contributed by atoms with E-state index < -0.39 is 5.97 Å². The number of carbonyl (C=O) groups is 1. The van der Waals surface area contributed by atoms with E-state index in [9.17, 15) is 4.79 Å². The molecule has 0 unspecified atom stereocenters. The number of nitrogens with zero attached hydrogens (tertiary/aromatic N) is 6. The van der Waals surface area contributed by atoms with Gasteiger partial charge in [-0.25, -0.2) is 9.97 Å². The lowest BCUT2D eigenvalue weighted by Gasteiger charge is -2.39. The maximum Gasteiger partial charge on any atom is 0.310 e. The van der Waals surface area contributed by atoms with Crippen molar-refractivity contribution in [1.82, 2.24) is 28.0 Å². The molecule has 1 radical (unpaired) electrons. The summed E-state index contributed by atoms with van der Waals surface area (Å²) >= 11 is 8.75. The van der Waals surface area contributed by atoms with Crippen molar-refractivity contribution < 1.29 is 37.1 Å². The maximum atomic E-state index is 11.1. The minimum Gasteiger partial charge on any atom is -0.699 e. The topological polar surface area (TPSA) is 109 Å². The summed E-state index contributed by atoms with van der Waals surface area (Å²) in [6, 6.07) is 1.72. The first-order valence-electron chi connectivity index (χ1n) is 8.76. The Morgan fingerprint density at radius 3 is 2.69 bits per heavy atom. The molecule has 4 heterocycles. The van der Waals surface area contributed by atoms with Gasteiger partial charge < -0.3 is 45.3 Å². The van der Waals surface area contributed by atoms with Gasteiger partial charge in [-0.15, -0.1) is 0 Å². The van der Waals surface area contributed by atoms with E-state index in [0.29, 0.717) is 39.3 Å². The Labute approximate surface area is 185 Å². The van der Waals surface area contributed by atoms with Gasteiger partial charge in [0.1, 0.15) is 0 Å². The van der Waals surface area contributed by atoms with Crippen LogP contribution in [-0.2, 0) is 4.79 Å². The zero-order valence-electron chi connectivity index (χ0n) is 15.6. The van der Waals surface area contributed by atoms with E-state index in [4.69, 9.17) is 21.1 Å². The molecule has 1 aliphatic rings. The van der Waals surface area contributed by atoms with Crippen molar-refractivity contribution in [2.45, 2.75) is 6.92 Å². The lowest BCUT2D eigenvalue weighted by atomic mass is 10.2. The second-order valence-electron chi connectivity index (χ2n) is 6.32. The SMILES string of the molecule is COc1nc(N2CCN([I-])CC2)ncc1-c1nc2nc(OC(C)=O)[nH]c2cc1Cl. The van der Waals surface area contributed by atoms with Crippen LogP contribution in [0.4, 0.5) is 5.95 Å². The minimum absolute atomic E-state index is 0.0567. The molecule has 1 aliphatic heterocycles. The molecule has 0 atom stereocenters. The second kappa shape index (κ2) is 8.24.